The number of piperidine rings is 1. The Kier molecular flexibility index (Phi) is 9.02. The van der Waals surface area contributed by atoms with E-state index in [2.05, 4.69) is 17.2 Å². The number of carbonyl (C=O) groups excluding carboxylic acids is 3. The molecule has 9 nitrogen and oxygen atoms in total. The zero-order valence-corrected chi connectivity index (χ0v) is 23.1. The van der Waals surface area contributed by atoms with Gasteiger partial charge in [0.1, 0.15) is 10.8 Å². The summed E-state index contributed by atoms with van der Waals surface area (Å²) in [6.07, 6.45) is 1.90. The molecular formula is C30H29ClN4O5. The Morgan fingerprint density at radius 3 is 2.40 bits per heavy atom. The standard InChI is InChI=1S/C30H29ClN4O5/c1-20-11-13-21(14-12-20)15-16-24(36)32-27-28(31)34(30(40)33(2)29(27)39)17-5-8-22-6-3-7-23(18-22)19-35-25(37)9-4-10-26(35)38/h3,6-7,11-14,18H,4,9-10,15-17,19H2,1-2H3,(H,32,36). The van der Waals surface area contributed by atoms with Gasteiger partial charge in [0.05, 0.1) is 13.1 Å². The summed E-state index contributed by atoms with van der Waals surface area (Å²) >= 11 is 6.41. The summed E-state index contributed by atoms with van der Waals surface area (Å²) in [6.45, 7) is 2.02. The van der Waals surface area contributed by atoms with Gasteiger partial charge >= 0.3 is 5.69 Å². The molecule has 1 aliphatic rings. The smallest absolute Gasteiger partial charge is 0.319 e. The molecule has 0 spiro atoms. The van der Waals surface area contributed by atoms with Gasteiger partial charge in [-0.2, -0.15) is 0 Å². The Balaban J connectivity index is 1.48. The summed E-state index contributed by atoms with van der Waals surface area (Å²) in [5.74, 6) is 5.06. The third-order valence-corrected chi connectivity index (χ3v) is 7.02. The normalized spacial score (nSPS) is 13.1. The van der Waals surface area contributed by atoms with Gasteiger partial charge in [0, 0.05) is 31.9 Å². The van der Waals surface area contributed by atoms with Gasteiger partial charge in [-0.25, -0.2) is 4.79 Å². The fraction of sp³-hybridized carbons (Fsp3) is 0.300. The van der Waals surface area contributed by atoms with E-state index < -0.39 is 17.2 Å². The lowest BCUT2D eigenvalue weighted by molar-refractivity contribution is -0.148. The SMILES string of the molecule is Cc1ccc(CCC(=O)Nc2c(Cl)n(CC#Cc3cccc(CN4C(=O)CCCC4=O)c3)c(=O)n(C)c2=O)cc1. The number of anilines is 1. The second-order valence-corrected chi connectivity index (χ2v) is 10.0. The lowest BCUT2D eigenvalue weighted by atomic mass is 10.1. The fourth-order valence-electron chi connectivity index (χ4n) is 4.33. The molecule has 0 aliphatic carbocycles. The summed E-state index contributed by atoms with van der Waals surface area (Å²) in [5, 5.41) is 2.35. The predicted octanol–water partition coefficient (Wildman–Crippen LogP) is 3.17. The van der Waals surface area contributed by atoms with E-state index in [1.54, 1.807) is 18.2 Å². The summed E-state index contributed by atoms with van der Waals surface area (Å²) in [7, 11) is 1.31. The van der Waals surface area contributed by atoms with E-state index in [4.69, 9.17) is 11.6 Å². The largest absolute Gasteiger partial charge is 0.332 e. The molecule has 3 aromatic rings. The monoisotopic (exact) mass is 560 g/mol. The second kappa shape index (κ2) is 12.6. The Morgan fingerprint density at radius 1 is 1.00 bits per heavy atom. The van der Waals surface area contributed by atoms with E-state index >= 15 is 0 Å². The van der Waals surface area contributed by atoms with Crippen molar-refractivity contribution in [3.05, 3.63) is 96.8 Å². The maximum absolute atomic E-state index is 12.8. The number of aryl methyl sites for hydroxylation is 2. The molecule has 1 N–H and O–H groups in total. The van der Waals surface area contributed by atoms with Gasteiger partial charge in [0.25, 0.3) is 5.56 Å². The minimum Gasteiger partial charge on any atom is -0.319 e. The number of carbonyl (C=O) groups is 3. The van der Waals surface area contributed by atoms with Gasteiger partial charge in [-0.3, -0.25) is 33.2 Å². The minimum absolute atomic E-state index is 0.131. The zero-order chi connectivity index (χ0) is 28.8. The summed E-state index contributed by atoms with van der Waals surface area (Å²) < 4.78 is 1.98. The van der Waals surface area contributed by atoms with Crippen LogP contribution in [0.5, 0.6) is 0 Å². The predicted molar refractivity (Wildman–Crippen MR) is 152 cm³/mol. The van der Waals surface area contributed by atoms with Gasteiger partial charge in [-0.1, -0.05) is 65.4 Å². The Hall–Kier alpha value is -4.42. The van der Waals surface area contributed by atoms with Gasteiger partial charge in [0.2, 0.25) is 17.7 Å². The van der Waals surface area contributed by atoms with Crippen LogP contribution < -0.4 is 16.6 Å². The number of nitrogens with zero attached hydrogens (tertiary/aromatic N) is 3. The molecule has 0 saturated carbocycles. The fourth-order valence-corrected chi connectivity index (χ4v) is 4.59. The van der Waals surface area contributed by atoms with Crippen LogP contribution in [-0.2, 0) is 40.9 Å². The summed E-state index contributed by atoms with van der Waals surface area (Å²) in [4.78, 5) is 63.6. The number of amides is 3. The van der Waals surface area contributed by atoms with Crippen molar-refractivity contribution < 1.29 is 14.4 Å². The molecule has 0 atom stereocenters. The molecule has 0 bridgehead atoms. The Bertz CT molecular complexity index is 1630. The van der Waals surface area contributed by atoms with Crippen LogP contribution in [0.25, 0.3) is 0 Å². The van der Waals surface area contributed by atoms with Crippen molar-refractivity contribution in [1.82, 2.24) is 14.0 Å². The average Bonchev–Trinajstić information content (AvgIpc) is 2.94. The van der Waals surface area contributed by atoms with E-state index in [1.165, 1.54) is 11.9 Å². The van der Waals surface area contributed by atoms with Gasteiger partial charge in [0.15, 0.2) is 0 Å². The van der Waals surface area contributed by atoms with Crippen LogP contribution in [0.3, 0.4) is 0 Å². The highest BCUT2D eigenvalue weighted by Gasteiger charge is 2.25. The Morgan fingerprint density at radius 2 is 1.70 bits per heavy atom. The molecule has 1 aromatic heterocycles. The lowest BCUT2D eigenvalue weighted by Crippen LogP contribution is -2.40. The third kappa shape index (κ3) is 6.77. The van der Waals surface area contributed by atoms with Crippen LogP contribution in [0.1, 0.15) is 47.9 Å². The maximum Gasteiger partial charge on any atom is 0.332 e. The lowest BCUT2D eigenvalue weighted by Gasteiger charge is -2.24. The second-order valence-electron chi connectivity index (χ2n) is 9.66. The number of likely N-dealkylation sites (tertiary alicyclic amines) is 1. The van der Waals surface area contributed by atoms with E-state index in [-0.39, 0.29) is 42.2 Å². The van der Waals surface area contributed by atoms with Gasteiger partial charge in [-0.05, 0) is 43.0 Å². The molecule has 4 rings (SSSR count). The van der Waals surface area contributed by atoms with Crippen molar-refractivity contribution in [2.45, 2.75) is 52.1 Å². The highest BCUT2D eigenvalue weighted by molar-refractivity contribution is 6.32. The molecular weight excluding hydrogens is 532 g/mol. The van der Waals surface area contributed by atoms with Crippen molar-refractivity contribution in [1.29, 1.82) is 0 Å². The van der Waals surface area contributed by atoms with Crippen LogP contribution in [0.2, 0.25) is 5.15 Å². The van der Waals surface area contributed by atoms with Crippen LogP contribution in [0, 0.1) is 18.8 Å². The number of rotatable bonds is 7. The van der Waals surface area contributed by atoms with Crippen LogP contribution >= 0.6 is 11.6 Å². The molecule has 40 heavy (non-hydrogen) atoms. The minimum atomic E-state index is -0.711. The van der Waals surface area contributed by atoms with Crippen molar-refractivity contribution in [3.8, 4) is 11.8 Å². The van der Waals surface area contributed by atoms with Gasteiger partial charge < -0.3 is 5.32 Å². The first-order chi connectivity index (χ1) is 19.1. The van der Waals surface area contributed by atoms with Crippen molar-refractivity contribution >= 4 is 35.0 Å². The number of imide groups is 1. The van der Waals surface area contributed by atoms with Gasteiger partial charge in [-0.15, -0.1) is 0 Å². The molecule has 206 valence electrons. The number of aromatic nitrogens is 2. The first-order valence-electron chi connectivity index (χ1n) is 12.9. The van der Waals surface area contributed by atoms with Crippen LogP contribution in [0.15, 0.2) is 58.1 Å². The third-order valence-electron chi connectivity index (χ3n) is 6.63. The van der Waals surface area contributed by atoms with E-state index in [1.807, 2.05) is 37.3 Å². The first kappa shape index (κ1) is 28.6. The number of halogens is 1. The quantitative estimate of drug-likeness (QED) is 0.271. The van der Waals surface area contributed by atoms with Crippen molar-refractivity contribution in [3.63, 3.8) is 0 Å². The van der Waals surface area contributed by atoms with E-state index in [0.29, 0.717) is 31.2 Å². The molecule has 0 unspecified atom stereocenters. The highest BCUT2D eigenvalue weighted by atomic mass is 35.5. The summed E-state index contributed by atoms with van der Waals surface area (Å²) in [6, 6.07) is 14.9. The van der Waals surface area contributed by atoms with Crippen LogP contribution in [-0.4, -0.2) is 31.8 Å². The molecule has 3 amide bonds. The highest BCUT2D eigenvalue weighted by Crippen LogP contribution is 2.18. The van der Waals surface area contributed by atoms with E-state index in [0.717, 1.165) is 25.8 Å². The molecule has 2 heterocycles. The van der Waals surface area contributed by atoms with E-state index in [9.17, 15) is 24.0 Å². The average molecular weight is 561 g/mol. The zero-order valence-electron chi connectivity index (χ0n) is 22.3. The molecule has 1 fully saturated rings. The van der Waals surface area contributed by atoms with Crippen molar-refractivity contribution in [2.75, 3.05) is 5.32 Å². The molecule has 1 saturated heterocycles. The number of hydrogen-bond acceptors (Lipinski definition) is 5. The molecule has 10 heteroatoms. The first-order valence-corrected chi connectivity index (χ1v) is 13.3. The van der Waals surface area contributed by atoms with Crippen molar-refractivity contribution in [2.24, 2.45) is 7.05 Å². The number of nitrogens with one attached hydrogen (secondary N) is 1. The Labute approximate surface area is 236 Å². The molecule has 0 radical (unpaired) electrons. The topological polar surface area (TPSA) is 110 Å². The molecule has 2 aromatic carbocycles. The number of benzene rings is 2. The molecule has 1 aliphatic heterocycles. The maximum atomic E-state index is 12.8. The van der Waals surface area contributed by atoms with Crippen LogP contribution in [0.4, 0.5) is 5.69 Å². The summed E-state index contributed by atoms with van der Waals surface area (Å²) in [5.41, 5.74) is 1.91. The number of hydrogen-bond donors (Lipinski definition) is 1.